The SMILES string of the molecule is O=C(COc1nsnc1N1CCOCC1)NC1CCCCC1. The van der Waals surface area contributed by atoms with Gasteiger partial charge in [-0.25, -0.2) is 0 Å². The first-order chi connectivity index (χ1) is 10.8. The van der Waals surface area contributed by atoms with E-state index in [0.29, 0.717) is 25.1 Å². The zero-order chi connectivity index (χ0) is 15.2. The Morgan fingerprint density at radius 2 is 2.05 bits per heavy atom. The topological polar surface area (TPSA) is 76.6 Å². The lowest BCUT2D eigenvalue weighted by Crippen LogP contribution is -2.39. The lowest BCUT2D eigenvalue weighted by atomic mass is 9.95. The Hall–Kier alpha value is -1.41. The van der Waals surface area contributed by atoms with Gasteiger partial charge in [0.15, 0.2) is 6.61 Å². The molecule has 0 atom stereocenters. The molecule has 1 amide bonds. The van der Waals surface area contributed by atoms with Gasteiger partial charge in [0.25, 0.3) is 11.8 Å². The van der Waals surface area contributed by atoms with Crippen LogP contribution in [0.2, 0.25) is 0 Å². The number of morpholine rings is 1. The Labute approximate surface area is 134 Å². The van der Waals surface area contributed by atoms with E-state index >= 15 is 0 Å². The third kappa shape index (κ3) is 4.07. The largest absolute Gasteiger partial charge is 0.464 e. The Balaban J connectivity index is 1.48. The number of aromatic nitrogens is 2. The number of carbonyl (C=O) groups is 1. The van der Waals surface area contributed by atoms with Crippen LogP contribution in [0.1, 0.15) is 32.1 Å². The highest BCUT2D eigenvalue weighted by atomic mass is 32.1. The Morgan fingerprint density at radius 3 is 2.82 bits per heavy atom. The summed E-state index contributed by atoms with van der Waals surface area (Å²) in [4.78, 5) is 14.1. The molecule has 1 saturated carbocycles. The zero-order valence-corrected chi connectivity index (χ0v) is 13.4. The second kappa shape index (κ2) is 7.73. The molecular weight excluding hydrogens is 304 g/mol. The highest BCUT2D eigenvalue weighted by molar-refractivity contribution is 6.99. The fourth-order valence-corrected chi connectivity index (χ4v) is 3.41. The molecule has 1 saturated heterocycles. The summed E-state index contributed by atoms with van der Waals surface area (Å²) in [6.07, 6.45) is 5.81. The van der Waals surface area contributed by atoms with Gasteiger partial charge in [-0.1, -0.05) is 19.3 Å². The molecule has 3 rings (SSSR count). The maximum absolute atomic E-state index is 12.0. The maximum atomic E-state index is 12.0. The molecule has 0 aromatic carbocycles. The lowest BCUT2D eigenvalue weighted by molar-refractivity contribution is -0.124. The normalized spacial score (nSPS) is 19.9. The minimum atomic E-state index is -0.0761. The first kappa shape index (κ1) is 15.5. The average molecular weight is 326 g/mol. The molecule has 2 aliphatic rings. The molecule has 0 spiro atoms. The summed E-state index contributed by atoms with van der Waals surface area (Å²) in [6, 6.07) is 0.303. The van der Waals surface area contributed by atoms with Crippen LogP contribution in [0.3, 0.4) is 0 Å². The number of ether oxygens (including phenoxy) is 2. The van der Waals surface area contributed by atoms with E-state index in [1.165, 1.54) is 19.3 Å². The summed E-state index contributed by atoms with van der Waals surface area (Å²) < 4.78 is 19.3. The van der Waals surface area contributed by atoms with E-state index in [1.54, 1.807) is 0 Å². The molecule has 1 aliphatic carbocycles. The number of rotatable bonds is 5. The molecule has 2 fully saturated rings. The van der Waals surface area contributed by atoms with E-state index in [-0.39, 0.29) is 12.5 Å². The average Bonchev–Trinajstić information content (AvgIpc) is 3.03. The number of nitrogens with zero attached hydrogens (tertiary/aromatic N) is 3. The van der Waals surface area contributed by atoms with Gasteiger partial charge >= 0.3 is 0 Å². The first-order valence-electron chi connectivity index (χ1n) is 7.90. The van der Waals surface area contributed by atoms with E-state index in [0.717, 1.165) is 43.5 Å². The van der Waals surface area contributed by atoms with Gasteiger partial charge in [-0.05, 0) is 12.8 Å². The predicted molar refractivity (Wildman–Crippen MR) is 83.5 cm³/mol. The fourth-order valence-electron chi connectivity index (χ4n) is 2.89. The third-order valence-electron chi connectivity index (χ3n) is 4.06. The van der Waals surface area contributed by atoms with Crippen LogP contribution in [-0.4, -0.2) is 53.6 Å². The number of nitrogens with one attached hydrogen (secondary N) is 1. The van der Waals surface area contributed by atoms with E-state index in [4.69, 9.17) is 9.47 Å². The number of anilines is 1. The van der Waals surface area contributed by atoms with Crippen molar-refractivity contribution >= 4 is 23.5 Å². The fraction of sp³-hybridized carbons (Fsp3) is 0.786. The third-order valence-corrected chi connectivity index (χ3v) is 4.57. The maximum Gasteiger partial charge on any atom is 0.271 e. The monoisotopic (exact) mass is 326 g/mol. The summed E-state index contributed by atoms with van der Waals surface area (Å²) in [5.74, 6) is 1.09. The molecule has 22 heavy (non-hydrogen) atoms. The van der Waals surface area contributed by atoms with Crippen molar-refractivity contribution in [2.24, 2.45) is 0 Å². The van der Waals surface area contributed by atoms with Crippen LogP contribution < -0.4 is 15.0 Å². The quantitative estimate of drug-likeness (QED) is 0.876. The van der Waals surface area contributed by atoms with Crippen LogP contribution in [-0.2, 0) is 9.53 Å². The standard InChI is InChI=1S/C14H22N4O3S/c19-12(15-11-4-2-1-3-5-11)10-21-14-13(16-22-17-14)18-6-8-20-9-7-18/h11H,1-10H2,(H,15,19). The highest BCUT2D eigenvalue weighted by Gasteiger charge is 2.21. The van der Waals surface area contributed by atoms with Crippen molar-refractivity contribution < 1.29 is 14.3 Å². The molecule has 7 nitrogen and oxygen atoms in total. The minimum Gasteiger partial charge on any atom is -0.464 e. The smallest absolute Gasteiger partial charge is 0.271 e. The molecule has 0 radical (unpaired) electrons. The first-order valence-corrected chi connectivity index (χ1v) is 8.63. The van der Waals surface area contributed by atoms with Crippen molar-refractivity contribution in [3.63, 3.8) is 0 Å². The summed E-state index contributed by atoms with van der Waals surface area (Å²) >= 11 is 1.11. The summed E-state index contributed by atoms with van der Waals surface area (Å²) in [6.45, 7) is 2.91. The Kier molecular flexibility index (Phi) is 5.44. The van der Waals surface area contributed by atoms with Crippen LogP contribution in [0.15, 0.2) is 0 Å². The van der Waals surface area contributed by atoms with Gasteiger partial charge in [0, 0.05) is 19.1 Å². The van der Waals surface area contributed by atoms with Gasteiger partial charge in [-0.2, -0.15) is 4.37 Å². The van der Waals surface area contributed by atoms with Gasteiger partial charge in [-0.15, -0.1) is 4.37 Å². The Morgan fingerprint density at radius 1 is 1.27 bits per heavy atom. The summed E-state index contributed by atoms with van der Waals surface area (Å²) in [7, 11) is 0. The number of hydrogen-bond donors (Lipinski definition) is 1. The molecule has 0 bridgehead atoms. The van der Waals surface area contributed by atoms with Gasteiger partial charge in [0.1, 0.15) is 0 Å². The molecule has 2 heterocycles. The molecule has 0 unspecified atom stereocenters. The van der Waals surface area contributed by atoms with E-state index in [9.17, 15) is 4.79 Å². The minimum absolute atomic E-state index is 0.000741. The van der Waals surface area contributed by atoms with Crippen LogP contribution in [0.4, 0.5) is 5.82 Å². The molecular formula is C14H22N4O3S. The molecule has 1 aliphatic heterocycles. The molecule has 1 N–H and O–H groups in total. The van der Waals surface area contributed by atoms with Crippen molar-refractivity contribution in [2.75, 3.05) is 37.8 Å². The van der Waals surface area contributed by atoms with Gasteiger partial charge < -0.3 is 19.7 Å². The van der Waals surface area contributed by atoms with Crippen molar-refractivity contribution in [3.8, 4) is 5.88 Å². The van der Waals surface area contributed by atoms with Gasteiger partial charge in [0.05, 0.1) is 24.9 Å². The van der Waals surface area contributed by atoms with Gasteiger partial charge in [-0.3, -0.25) is 4.79 Å². The van der Waals surface area contributed by atoms with Crippen molar-refractivity contribution in [1.82, 2.24) is 14.1 Å². The number of carbonyl (C=O) groups excluding carboxylic acids is 1. The van der Waals surface area contributed by atoms with Gasteiger partial charge in [0.2, 0.25) is 5.82 Å². The van der Waals surface area contributed by atoms with Crippen molar-refractivity contribution in [1.29, 1.82) is 0 Å². The van der Waals surface area contributed by atoms with Crippen LogP contribution in [0, 0.1) is 0 Å². The van der Waals surface area contributed by atoms with Crippen LogP contribution in [0.5, 0.6) is 5.88 Å². The molecule has 1 aromatic heterocycles. The number of amides is 1. The molecule has 1 aromatic rings. The highest BCUT2D eigenvalue weighted by Crippen LogP contribution is 2.26. The van der Waals surface area contributed by atoms with Crippen LogP contribution in [0.25, 0.3) is 0 Å². The lowest BCUT2D eigenvalue weighted by Gasteiger charge is -2.26. The van der Waals surface area contributed by atoms with E-state index in [2.05, 4.69) is 19.0 Å². The molecule has 122 valence electrons. The Bertz CT molecular complexity index is 484. The second-order valence-corrected chi connectivity index (χ2v) is 6.21. The van der Waals surface area contributed by atoms with Crippen molar-refractivity contribution in [3.05, 3.63) is 0 Å². The number of hydrogen-bond acceptors (Lipinski definition) is 7. The van der Waals surface area contributed by atoms with E-state index in [1.807, 2.05) is 0 Å². The summed E-state index contributed by atoms with van der Waals surface area (Å²) in [5.41, 5.74) is 0. The van der Waals surface area contributed by atoms with Crippen molar-refractivity contribution in [2.45, 2.75) is 38.1 Å². The summed E-state index contributed by atoms with van der Waals surface area (Å²) in [5, 5.41) is 3.04. The van der Waals surface area contributed by atoms with E-state index < -0.39 is 0 Å². The zero-order valence-electron chi connectivity index (χ0n) is 12.6. The second-order valence-electron chi connectivity index (χ2n) is 5.68. The predicted octanol–water partition coefficient (Wildman–Crippen LogP) is 1.20. The molecule has 8 heteroatoms. The van der Waals surface area contributed by atoms with Crippen LogP contribution >= 0.6 is 11.7 Å².